The van der Waals surface area contributed by atoms with Gasteiger partial charge in [0.15, 0.2) is 5.69 Å². The summed E-state index contributed by atoms with van der Waals surface area (Å²) in [6.45, 7) is 2.04. The molecule has 3 rings (SSSR count). The van der Waals surface area contributed by atoms with Gasteiger partial charge in [0.1, 0.15) is 5.82 Å². The van der Waals surface area contributed by atoms with Crippen molar-refractivity contribution in [1.82, 2.24) is 15.2 Å². The molecule has 0 aliphatic rings. The van der Waals surface area contributed by atoms with Gasteiger partial charge in [-0.05, 0) is 41.8 Å². The van der Waals surface area contributed by atoms with Crippen molar-refractivity contribution in [3.63, 3.8) is 0 Å². The molecule has 25 heavy (non-hydrogen) atoms. The van der Waals surface area contributed by atoms with Gasteiger partial charge >= 0.3 is 5.97 Å². The van der Waals surface area contributed by atoms with Gasteiger partial charge in [0.25, 0.3) is 0 Å². The van der Waals surface area contributed by atoms with E-state index in [1.54, 1.807) is 18.3 Å². The second-order valence-electron chi connectivity index (χ2n) is 5.53. The monoisotopic (exact) mass is 334 g/mol. The number of esters is 1. The molecular weight excluding hydrogens is 316 g/mol. The van der Waals surface area contributed by atoms with E-state index in [-0.39, 0.29) is 11.7 Å². The van der Waals surface area contributed by atoms with Crippen LogP contribution < -0.4 is 5.32 Å². The highest BCUT2D eigenvalue weighted by Crippen LogP contribution is 2.23. The van der Waals surface area contributed by atoms with E-state index in [1.165, 1.54) is 7.11 Å². The number of aromatic nitrogens is 3. The molecule has 1 aromatic carbocycles. The molecule has 0 aliphatic carbocycles. The third kappa shape index (κ3) is 3.98. The van der Waals surface area contributed by atoms with E-state index in [2.05, 4.69) is 49.5 Å². The first-order valence-electron chi connectivity index (χ1n) is 7.86. The molecule has 0 bridgehead atoms. The maximum atomic E-state index is 11.4. The van der Waals surface area contributed by atoms with Gasteiger partial charge in [-0.3, -0.25) is 4.98 Å². The molecule has 0 spiro atoms. The predicted octanol–water partition coefficient (Wildman–Crippen LogP) is 3.50. The van der Waals surface area contributed by atoms with Crippen LogP contribution in [0.2, 0.25) is 0 Å². The quantitative estimate of drug-likeness (QED) is 0.720. The Hall–Kier alpha value is -3.28. The minimum absolute atomic E-state index is 0.0428. The Bertz CT molecular complexity index is 834. The van der Waals surface area contributed by atoms with Crippen LogP contribution in [0.1, 0.15) is 29.0 Å². The van der Waals surface area contributed by atoms with E-state index in [1.807, 2.05) is 25.3 Å². The van der Waals surface area contributed by atoms with Crippen molar-refractivity contribution < 1.29 is 9.53 Å². The van der Waals surface area contributed by atoms with Crippen molar-refractivity contribution in [3.8, 4) is 11.1 Å². The lowest BCUT2D eigenvalue weighted by atomic mass is 10.0. The van der Waals surface area contributed by atoms with E-state index in [0.717, 1.165) is 16.7 Å². The van der Waals surface area contributed by atoms with Crippen molar-refractivity contribution in [3.05, 3.63) is 72.2 Å². The molecular formula is C19H18N4O2. The van der Waals surface area contributed by atoms with Crippen LogP contribution in [-0.2, 0) is 4.74 Å². The molecule has 0 aliphatic heterocycles. The molecule has 1 atom stereocenters. The molecule has 0 saturated carbocycles. The smallest absolute Gasteiger partial charge is 0.358 e. The van der Waals surface area contributed by atoms with Gasteiger partial charge in [0.05, 0.1) is 7.11 Å². The second-order valence-corrected chi connectivity index (χ2v) is 5.53. The molecule has 0 amide bonds. The van der Waals surface area contributed by atoms with Crippen LogP contribution in [-0.4, -0.2) is 28.3 Å². The SMILES string of the molecule is COC(=O)c1ccc(NC(C)c2ccc(-c3cccnc3)cc2)nn1. The average Bonchev–Trinajstić information content (AvgIpc) is 2.68. The molecule has 1 N–H and O–H groups in total. The predicted molar refractivity (Wildman–Crippen MR) is 95.1 cm³/mol. The summed E-state index contributed by atoms with van der Waals surface area (Å²) in [5.41, 5.74) is 3.50. The highest BCUT2D eigenvalue weighted by atomic mass is 16.5. The van der Waals surface area contributed by atoms with E-state index in [0.29, 0.717) is 5.82 Å². The van der Waals surface area contributed by atoms with Gasteiger partial charge in [0, 0.05) is 18.4 Å². The van der Waals surface area contributed by atoms with Gasteiger partial charge in [-0.1, -0.05) is 30.3 Å². The van der Waals surface area contributed by atoms with Crippen LogP contribution in [0.3, 0.4) is 0 Å². The topological polar surface area (TPSA) is 77.0 Å². The van der Waals surface area contributed by atoms with Gasteiger partial charge in [-0.25, -0.2) is 4.79 Å². The largest absolute Gasteiger partial charge is 0.464 e. The summed E-state index contributed by atoms with van der Waals surface area (Å²) in [6.07, 6.45) is 3.60. The first-order chi connectivity index (χ1) is 12.2. The van der Waals surface area contributed by atoms with Crippen LogP contribution in [0, 0.1) is 0 Å². The molecule has 6 heteroatoms. The zero-order chi connectivity index (χ0) is 17.6. The van der Waals surface area contributed by atoms with E-state index >= 15 is 0 Å². The Labute approximate surface area is 145 Å². The number of carbonyl (C=O) groups excluding carboxylic acids is 1. The zero-order valence-electron chi connectivity index (χ0n) is 14.0. The molecule has 1 unspecified atom stereocenters. The fraction of sp³-hybridized carbons (Fsp3) is 0.158. The summed E-state index contributed by atoms with van der Waals surface area (Å²) in [6, 6.07) is 15.5. The van der Waals surface area contributed by atoms with Crippen molar-refractivity contribution in [1.29, 1.82) is 0 Å². The number of nitrogens with one attached hydrogen (secondary N) is 1. The lowest BCUT2D eigenvalue weighted by molar-refractivity contribution is 0.0593. The van der Waals surface area contributed by atoms with Gasteiger partial charge in [-0.2, -0.15) is 0 Å². The minimum Gasteiger partial charge on any atom is -0.464 e. The molecule has 0 radical (unpaired) electrons. The zero-order valence-corrected chi connectivity index (χ0v) is 14.0. The highest BCUT2D eigenvalue weighted by Gasteiger charge is 2.10. The van der Waals surface area contributed by atoms with E-state index < -0.39 is 5.97 Å². The first-order valence-corrected chi connectivity index (χ1v) is 7.86. The van der Waals surface area contributed by atoms with Gasteiger partial charge in [0.2, 0.25) is 0 Å². The van der Waals surface area contributed by atoms with Crippen LogP contribution in [0.15, 0.2) is 60.9 Å². The summed E-state index contributed by atoms with van der Waals surface area (Å²) < 4.78 is 4.61. The summed E-state index contributed by atoms with van der Waals surface area (Å²) >= 11 is 0. The minimum atomic E-state index is -0.502. The van der Waals surface area contributed by atoms with Crippen molar-refractivity contribution in [2.45, 2.75) is 13.0 Å². The van der Waals surface area contributed by atoms with Crippen LogP contribution in [0.25, 0.3) is 11.1 Å². The summed E-state index contributed by atoms with van der Waals surface area (Å²) in [7, 11) is 1.31. The summed E-state index contributed by atoms with van der Waals surface area (Å²) in [5, 5.41) is 11.1. The molecule has 2 heterocycles. The number of hydrogen-bond donors (Lipinski definition) is 1. The summed E-state index contributed by atoms with van der Waals surface area (Å²) in [5.74, 6) is 0.0922. The fourth-order valence-electron chi connectivity index (χ4n) is 2.43. The third-order valence-corrected chi connectivity index (χ3v) is 3.83. The van der Waals surface area contributed by atoms with Crippen molar-refractivity contribution in [2.75, 3.05) is 12.4 Å². The maximum absolute atomic E-state index is 11.4. The standard InChI is InChI=1S/C19H18N4O2/c1-13(21-18-10-9-17(22-23-18)19(24)25-2)14-5-7-15(8-6-14)16-4-3-11-20-12-16/h3-13H,1-2H3,(H,21,23). The number of methoxy groups -OCH3 is 1. The number of ether oxygens (including phenoxy) is 1. The second kappa shape index (κ2) is 7.53. The number of hydrogen-bond acceptors (Lipinski definition) is 6. The summed E-state index contributed by atoms with van der Waals surface area (Å²) in [4.78, 5) is 15.5. The Morgan fingerprint density at radius 2 is 1.84 bits per heavy atom. The molecule has 2 aromatic heterocycles. The molecule has 3 aromatic rings. The molecule has 0 saturated heterocycles. The Balaban J connectivity index is 1.69. The normalized spacial score (nSPS) is 11.6. The first kappa shape index (κ1) is 16.6. The fourth-order valence-corrected chi connectivity index (χ4v) is 2.43. The number of anilines is 1. The number of carbonyl (C=O) groups is 1. The van der Waals surface area contributed by atoms with Crippen LogP contribution in [0.4, 0.5) is 5.82 Å². The third-order valence-electron chi connectivity index (χ3n) is 3.83. The number of pyridine rings is 1. The van der Waals surface area contributed by atoms with E-state index in [4.69, 9.17) is 0 Å². The maximum Gasteiger partial charge on any atom is 0.358 e. The van der Waals surface area contributed by atoms with Gasteiger partial charge in [-0.15, -0.1) is 10.2 Å². The lowest BCUT2D eigenvalue weighted by Crippen LogP contribution is -2.10. The number of nitrogens with zero attached hydrogens (tertiary/aromatic N) is 3. The Kier molecular flexibility index (Phi) is 4.99. The number of benzene rings is 1. The van der Waals surface area contributed by atoms with Crippen molar-refractivity contribution in [2.24, 2.45) is 0 Å². The van der Waals surface area contributed by atoms with E-state index in [9.17, 15) is 4.79 Å². The average molecular weight is 334 g/mol. The number of rotatable bonds is 5. The molecule has 0 fully saturated rings. The van der Waals surface area contributed by atoms with Crippen molar-refractivity contribution >= 4 is 11.8 Å². The Morgan fingerprint density at radius 3 is 2.44 bits per heavy atom. The van der Waals surface area contributed by atoms with Gasteiger partial charge < -0.3 is 10.1 Å². The highest BCUT2D eigenvalue weighted by molar-refractivity contribution is 5.86. The van der Waals surface area contributed by atoms with Crippen LogP contribution in [0.5, 0.6) is 0 Å². The van der Waals surface area contributed by atoms with Crippen LogP contribution >= 0.6 is 0 Å². The lowest BCUT2D eigenvalue weighted by Gasteiger charge is -2.15. The Morgan fingerprint density at radius 1 is 1.04 bits per heavy atom. The molecule has 6 nitrogen and oxygen atoms in total. The molecule has 126 valence electrons.